The highest BCUT2D eigenvalue weighted by atomic mass is 79.9. The van der Waals surface area contributed by atoms with Gasteiger partial charge >= 0.3 is 0 Å². The molecule has 0 amide bonds. The lowest BCUT2D eigenvalue weighted by Gasteiger charge is -2.21. The molecule has 0 saturated carbocycles. The van der Waals surface area contributed by atoms with Gasteiger partial charge in [-0.15, -0.1) is 0 Å². The molecule has 0 radical (unpaired) electrons. The zero-order chi connectivity index (χ0) is 16.1. The molecule has 0 bridgehead atoms. The molecule has 0 aliphatic carbocycles. The first-order chi connectivity index (χ1) is 10.5. The minimum Gasteiger partial charge on any atom is -0.356 e. The highest BCUT2D eigenvalue weighted by Crippen LogP contribution is 2.20. The number of halogens is 1. The second-order valence-corrected chi connectivity index (χ2v) is 6.74. The molecule has 2 rings (SSSR count). The van der Waals surface area contributed by atoms with Gasteiger partial charge in [0.05, 0.1) is 6.04 Å². The molecular weight excluding hydrogens is 356 g/mol. The van der Waals surface area contributed by atoms with E-state index in [0.717, 1.165) is 16.6 Å². The Bertz CT molecular complexity index is 670. The zero-order valence-electron chi connectivity index (χ0n) is 13.1. The minimum absolute atomic E-state index is 0.214. The van der Waals surface area contributed by atoms with Crippen LogP contribution >= 0.6 is 28.1 Å². The summed E-state index contributed by atoms with van der Waals surface area (Å²) in [4.78, 5) is 0. The molecular formula is C18H21BrN2S. The number of rotatable bonds is 4. The van der Waals surface area contributed by atoms with Gasteiger partial charge in [0.1, 0.15) is 0 Å². The third-order valence-electron chi connectivity index (χ3n) is 3.73. The van der Waals surface area contributed by atoms with Crippen LogP contribution in [0.1, 0.15) is 36.1 Å². The number of anilines is 1. The van der Waals surface area contributed by atoms with Crippen molar-refractivity contribution in [3.05, 3.63) is 63.6 Å². The van der Waals surface area contributed by atoms with E-state index in [4.69, 9.17) is 12.2 Å². The van der Waals surface area contributed by atoms with E-state index < -0.39 is 0 Å². The van der Waals surface area contributed by atoms with Gasteiger partial charge in [0, 0.05) is 10.2 Å². The quantitative estimate of drug-likeness (QED) is 0.688. The van der Waals surface area contributed by atoms with Gasteiger partial charge in [-0.2, -0.15) is 0 Å². The van der Waals surface area contributed by atoms with Gasteiger partial charge in [-0.25, -0.2) is 0 Å². The lowest BCUT2D eigenvalue weighted by Crippen LogP contribution is -2.32. The molecule has 0 aliphatic heterocycles. The summed E-state index contributed by atoms with van der Waals surface area (Å²) < 4.78 is 1.03. The fourth-order valence-electron chi connectivity index (χ4n) is 2.29. The van der Waals surface area contributed by atoms with Gasteiger partial charge in [-0.3, -0.25) is 0 Å². The van der Waals surface area contributed by atoms with Crippen molar-refractivity contribution in [3.8, 4) is 0 Å². The predicted octanol–water partition coefficient (Wildman–Crippen LogP) is 5.50. The van der Waals surface area contributed by atoms with Crippen LogP contribution in [0.25, 0.3) is 0 Å². The molecule has 116 valence electrons. The van der Waals surface area contributed by atoms with Crippen molar-refractivity contribution < 1.29 is 0 Å². The highest BCUT2D eigenvalue weighted by Gasteiger charge is 2.11. The maximum Gasteiger partial charge on any atom is 0.171 e. The Morgan fingerprint density at radius 2 is 1.91 bits per heavy atom. The smallest absolute Gasteiger partial charge is 0.171 e. The second kappa shape index (κ2) is 7.75. The van der Waals surface area contributed by atoms with Crippen LogP contribution < -0.4 is 10.6 Å². The molecule has 2 N–H and O–H groups in total. The zero-order valence-corrected chi connectivity index (χ0v) is 15.5. The lowest BCUT2D eigenvalue weighted by atomic mass is 9.99. The van der Waals surface area contributed by atoms with E-state index >= 15 is 0 Å². The van der Waals surface area contributed by atoms with Crippen molar-refractivity contribution in [1.29, 1.82) is 0 Å². The first-order valence-corrected chi connectivity index (χ1v) is 8.60. The third-order valence-corrected chi connectivity index (χ3v) is 4.44. The molecule has 0 aliphatic rings. The molecule has 22 heavy (non-hydrogen) atoms. The number of hydrogen-bond acceptors (Lipinski definition) is 1. The van der Waals surface area contributed by atoms with E-state index in [1.165, 1.54) is 16.7 Å². The monoisotopic (exact) mass is 376 g/mol. The maximum absolute atomic E-state index is 5.44. The Kier molecular flexibility index (Phi) is 5.98. The molecule has 0 spiro atoms. The van der Waals surface area contributed by atoms with Crippen molar-refractivity contribution in [2.24, 2.45) is 0 Å². The van der Waals surface area contributed by atoms with Crippen molar-refractivity contribution >= 4 is 38.9 Å². The Morgan fingerprint density at radius 1 is 1.14 bits per heavy atom. The number of benzene rings is 2. The summed E-state index contributed by atoms with van der Waals surface area (Å²) in [6.45, 7) is 6.44. The van der Waals surface area contributed by atoms with Crippen molar-refractivity contribution in [2.75, 3.05) is 5.32 Å². The fraction of sp³-hybridized carbons (Fsp3) is 0.278. The normalized spacial score (nSPS) is 11.8. The molecule has 0 aromatic heterocycles. The first-order valence-electron chi connectivity index (χ1n) is 7.40. The van der Waals surface area contributed by atoms with E-state index in [9.17, 15) is 0 Å². The standard InChI is InChI=1S/C18H21BrN2S/c1-4-17(14-9-8-12(2)13(3)10-14)21-18(22)20-16-7-5-6-15(19)11-16/h5-11,17H,4H2,1-3H3,(H2,20,21,22). The van der Waals surface area contributed by atoms with E-state index in [-0.39, 0.29) is 6.04 Å². The fourth-order valence-corrected chi connectivity index (χ4v) is 2.95. The van der Waals surface area contributed by atoms with Crippen LogP contribution in [0.5, 0.6) is 0 Å². The van der Waals surface area contributed by atoms with Crippen LogP contribution in [-0.2, 0) is 0 Å². The molecule has 1 atom stereocenters. The molecule has 2 nitrogen and oxygen atoms in total. The van der Waals surface area contributed by atoms with E-state index in [1.54, 1.807) is 0 Å². The molecule has 0 heterocycles. The van der Waals surface area contributed by atoms with Crippen LogP contribution in [0, 0.1) is 13.8 Å². The summed E-state index contributed by atoms with van der Waals surface area (Å²) in [5, 5.41) is 7.28. The average molecular weight is 377 g/mol. The van der Waals surface area contributed by atoms with Gasteiger partial charge in [0.2, 0.25) is 0 Å². The number of aryl methyl sites for hydroxylation is 2. The van der Waals surface area contributed by atoms with Crippen molar-refractivity contribution in [2.45, 2.75) is 33.2 Å². The van der Waals surface area contributed by atoms with Crippen LogP contribution in [0.2, 0.25) is 0 Å². The van der Waals surface area contributed by atoms with Crippen LogP contribution in [0.3, 0.4) is 0 Å². The molecule has 2 aromatic rings. The van der Waals surface area contributed by atoms with E-state index in [1.807, 2.05) is 24.3 Å². The van der Waals surface area contributed by atoms with E-state index in [2.05, 4.69) is 65.5 Å². The van der Waals surface area contributed by atoms with Crippen LogP contribution in [0.15, 0.2) is 46.9 Å². The number of hydrogen-bond donors (Lipinski definition) is 2. The summed E-state index contributed by atoms with van der Waals surface area (Å²) in [5.41, 5.74) is 4.86. The first kappa shape index (κ1) is 17.0. The van der Waals surface area contributed by atoms with Crippen molar-refractivity contribution in [3.63, 3.8) is 0 Å². The van der Waals surface area contributed by atoms with Gasteiger partial charge in [-0.1, -0.05) is 47.1 Å². The maximum atomic E-state index is 5.44. The van der Waals surface area contributed by atoms with Crippen LogP contribution in [0.4, 0.5) is 5.69 Å². The third kappa shape index (κ3) is 4.55. The average Bonchev–Trinajstić information content (AvgIpc) is 2.48. The summed E-state index contributed by atoms with van der Waals surface area (Å²) in [6.07, 6.45) is 0.975. The Balaban J connectivity index is 2.06. The summed E-state index contributed by atoms with van der Waals surface area (Å²) in [7, 11) is 0. The molecule has 1 unspecified atom stereocenters. The van der Waals surface area contributed by atoms with Gasteiger partial charge in [0.25, 0.3) is 0 Å². The SMILES string of the molecule is CCC(NC(=S)Nc1cccc(Br)c1)c1ccc(C)c(C)c1. The number of nitrogens with one attached hydrogen (secondary N) is 2. The Hall–Kier alpha value is -1.39. The Morgan fingerprint density at radius 3 is 2.55 bits per heavy atom. The topological polar surface area (TPSA) is 24.1 Å². The molecule has 0 fully saturated rings. The van der Waals surface area contributed by atoms with Gasteiger partial charge in [0.15, 0.2) is 5.11 Å². The minimum atomic E-state index is 0.214. The molecule has 0 saturated heterocycles. The van der Waals surface area contributed by atoms with Crippen molar-refractivity contribution in [1.82, 2.24) is 5.32 Å². The van der Waals surface area contributed by atoms with E-state index in [0.29, 0.717) is 5.11 Å². The van der Waals surface area contributed by atoms with Gasteiger partial charge in [-0.05, 0) is 67.4 Å². The lowest BCUT2D eigenvalue weighted by molar-refractivity contribution is 0.628. The van der Waals surface area contributed by atoms with Gasteiger partial charge < -0.3 is 10.6 Å². The number of thiocarbonyl (C=S) groups is 1. The largest absolute Gasteiger partial charge is 0.356 e. The van der Waals surface area contributed by atoms with Crippen LogP contribution in [-0.4, -0.2) is 5.11 Å². The summed E-state index contributed by atoms with van der Waals surface area (Å²) >= 11 is 8.91. The predicted molar refractivity (Wildman–Crippen MR) is 102 cm³/mol. The summed E-state index contributed by atoms with van der Waals surface area (Å²) in [5.74, 6) is 0. The molecule has 2 aromatic carbocycles. The molecule has 4 heteroatoms. The second-order valence-electron chi connectivity index (χ2n) is 5.41. The highest BCUT2D eigenvalue weighted by molar-refractivity contribution is 9.10. The summed E-state index contributed by atoms with van der Waals surface area (Å²) in [6, 6.07) is 14.8. The Labute approximate surface area is 146 Å².